The summed E-state index contributed by atoms with van der Waals surface area (Å²) in [6, 6.07) is 1.90. The molecule has 0 saturated carbocycles. The maximum absolute atomic E-state index is 11.4. The van der Waals surface area contributed by atoms with Crippen molar-refractivity contribution in [1.82, 2.24) is 0 Å². The van der Waals surface area contributed by atoms with E-state index in [1.807, 2.05) is 18.1 Å². The fourth-order valence-corrected chi connectivity index (χ4v) is 2.82. The van der Waals surface area contributed by atoms with Gasteiger partial charge in [0.15, 0.2) is 11.5 Å². The number of esters is 1. The fraction of sp³-hybridized carbons (Fsp3) is 0.316. The van der Waals surface area contributed by atoms with Crippen molar-refractivity contribution in [3.63, 3.8) is 0 Å². The fourth-order valence-electron chi connectivity index (χ4n) is 2.82. The summed E-state index contributed by atoms with van der Waals surface area (Å²) in [6.07, 6.45) is 9.41. The van der Waals surface area contributed by atoms with Gasteiger partial charge in [0.2, 0.25) is 5.75 Å². The van der Waals surface area contributed by atoms with Crippen LogP contribution in [-0.4, -0.2) is 33.4 Å². The molecule has 0 saturated heterocycles. The van der Waals surface area contributed by atoms with Gasteiger partial charge in [0.1, 0.15) is 6.10 Å². The second kappa shape index (κ2) is 7.60. The SMILES string of the molecule is C#CC(=O)OC1C=C(C=C)c2c(cc(OC)c(OC)c2OC)CC1. The summed E-state index contributed by atoms with van der Waals surface area (Å²) < 4.78 is 21.7. The Labute approximate surface area is 141 Å². The number of allylic oxidation sites excluding steroid dienone is 2. The Hall–Kier alpha value is -2.87. The number of carbonyl (C=O) groups excluding carboxylic acids is 1. The second-order valence-electron chi connectivity index (χ2n) is 5.13. The predicted molar refractivity (Wildman–Crippen MR) is 91.3 cm³/mol. The smallest absolute Gasteiger partial charge is 0.384 e. The molecule has 1 aliphatic carbocycles. The van der Waals surface area contributed by atoms with Crippen molar-refractivity contribution in [2.75, 3.05) is 21.3 Å². The highest BCUT2D eigenvalue weighted by Gasteiger charge is 2.26. The summed E-state index contributed by atoms with van der Waals surface area (Å²) >= 11 is 0. The Balaban J connectivity index is 2.60. The molecule has 0 N–H and O–H groups in total. The van der Waals surface area contributed by atoms with Gasteiger partial charge in [-0.2, -0.15) is 0 Å². The molecule has 1 unspecified atom stereocenters. The van der Waals surface area contributed by atoms with E-state index in [0.29, 0.717) is 30.1 Å². The molecule has 0 amide bonds. The van der Waals surface area contributed by atoms with Gasteiger partial charge in [0.25, 0.3) is 0 Å². The number of benzene rings is 1. The maximum Gasteiger partial charge on any atom is 0.384 e. The number of methoxy groups -OCH3 is 3. The van der Waals surface area contributed by atoms with Crippen molar-refractivity contribution in [2.45, 2.75) is 18.9 Å². The van der Waals surface area contributed by atoms with Gasteiger partial charge in [-0.1, -0.05) is 12.7 Å². The Morgan fingerprint density at radius 3 is 2.54 bits per heavy atom. The van der Waals surface area contributed by atoms with Crippen molar-refractivity contribution in [2.24, 2.45) is 0 Å². The molecule has 1 aliphatic rings. The monoisotopic (exact) mass is 328 g/mol. The number of terminal acetylenes is 1. The summed E-state index contributed by atoms with van der Waals surface area (Å²) in [4.78, 5) is 11.4. The molecule has 1 atom stereocenters. The first kappa shape index (κ1) is 17.5. The Bertz CT molecular complexity index is 724. The van der Waals surface area contributed by atoms with E-state index in [1.54, 1.807) is 27.4 Å². The molecule has 0 spiro atoms. The average molecular weight is 328 g/mol. The van der Waals surface area contributed by atoms with Gasteiger partial charge in [-0.15, -0.1) is 6.42 Å². The van der Waals surface area contributed by atoms with Crippen LogP contribution in [0.2, 0.25) is 0 Å². The third kappa shape index (κ3) is 3.23. The van der Waals surface area contributed by atoms with Crippen molar-refractivity contribution in [3.05, 3.63) is 35.9 Å². The zero-order valence-electron chi connectivity index (χ0n) is 14.0. The largest absolute Gasteiger partial charge is 0.493 e. The molecule has 126 valence electrons. The van der Waals surface area contributed by atoms with Crippen LogP contribution in [0.4, 0.5) is 0 Å². The summed E-state index contributed by atoms with van der Waals surface area (Å²) in [6.45, 7) is 3.86. The van der Waals surface area contributed by atoms with Crippen LogP contribution >= 0.6 is 0 Å². The molecule has 0 heterocycles. The molecule has 2 rings (SSSR count). The zero-order chi connectivity index (χ0) is 17.7. The quantitative estimate of drug-likeness (QED) is 0.473. The van der Waals surface area contributed by atoms with Gasteiger partial charge >= 0.3 is 5.97 Å². The van der Waals surface area contributed by atoms with Crippen LogP contribution in [0, 0.1) is 12.3 Å². The van der Waals surface area contributed by atoms with Crippen LogP contribution < -0.4 is 14.2 Å². The normalized spacial score (nSPS) is 15.9. The molecular weight excluding hydrogens is 308 g/mol. The number of hydrogen-bond acceptors (Lipinski definition) is 5. The Kier molecular flexibility index (Phi) is 5.54. The van der Waals surface area contributed by atoms with Gasteiger partial charge in [-0.3, -0.25) is 0 Å². The molecule has 0 fully saturated rings. The minimum Gasteiger partial charge on any atom is -0.493 e. The molecule has 0 bridgehead atoms. The van der Waals surface area contributed by atoms with Gasteiger partial charge in [-0.05, 0) is 36.1 Å². The summed E-state index contributed by atoms with van der Waals surface area (Å²) in [7, 11) is 4.69. The lowest BCUT2D eigenvalue weighted by atomic mass is 9.96. The van der Waals surface area contributed by atoms with Crippen LogP contribution in [0.3, 0.4) is 0 Å². The highest BCUT2D eigenvalue weighted by Crippen LogP contribution is 2.46. The Morgan fingerprint density at radius 2 is 2.00 bits per heavy atom. The number of carbonyl (C=O) groups is 1. The zero-order valence-corrected chi connectivity index (χ0v) is 14.0. The molecule has 5 nitrogen and oxygen atoms in total. The van der Waals surface area contributed by atoms with Crippen LogP contribution in [-0.2, 0) is 16.0 Å². The van der Waals surface area contributed by atoms with Crippen molar-refractivity contribution >= 4 is 11.5 Å². The minimum atomic E-state index is -0.687. The van der Waals surface area contributed by atoms with Gasteiger partial charge in [-0.25, -0.2) is 4.79 Å². The van der Waals surface area contributed by atoms with E-state index in [0.717, 1.165) is 16.7 Å². The third-order valence-electron chi connectivity index (χ3n) is 3.86. The standard InChI is InChI=1S/C19H20O5/c1-6-12-10-14(24-16(20)7-2)9-8-13-11-15(21-3)18(22-4)19(23-5)17(12)13/h2,6,10-11,14H,1,8-9H2,3-5H3. The molecule has 24 heavy (non-hydrogen) atoms. The van der Waals surface area contributed by atoms with E-state index in [2.05, 4.69) is 6.58 Å². The molecule has 1 aromatic rings. The molecule has 5 heteroatoms. The van der Waals surface area contributed by atoms with E-state index in [9.17, 15) is 4.79 Å². The van der Waals surface area contributed by atoms with E-state index in [-0.39, 0.29) is 0 Å². The van der Waals surface area contributed by atoms with Crippen molar-refractivity contribution < 1.29 is 23.7 Å². The number of fused-ring (bicyclic) bond motifs is 1. The van der Waals surface area contributed by atoms with Crippen LogP contribution in [0.1, 0.15) is 17.5 Å². The number of rotatable bonds is 5. The highest BCUT2D eigenvalue weighted by atomic mass is 16.5. The summed E-state index contributed by atoms with van der Waals surface area (Å²) in [5.41, 5.74) is 2.63. The average Bonchev–Trinajstić information content (AvgIpc) is 2.78. The number of ether oxygens (including phenoxy) is 4. The second-order valence-corrected chi connectivity index (χ2v) is 5.13. The number of aryl methyl sites for hydroxylation is 1. The lowest BCUT2D eigenvalue weighted by Gasteiger charge is -2.19. The van der Waals surface area contributed by atoms with Gasteiger partial charge in [0.05, 0.1) is 21.3 Å². The van der Waals surface area contributed by atoms with Crippen molar-refractivity contribution in [3.8, 4) is 29.6 Å². The van der Waals surface area contributed by atoms with Gasteiger partial charge in [0, 0.05) is 11.5 Å². The highest BCUT2D eigenvalue weighted by molar-refractivity contribution is 5.88. The van der Waals surface area contributed by atoms with Gasteiger partial charge < -0.3 is 18.9 Å². The van der Waals surface area contributed by atoms with Crippen LogP contribution in [0.15, 0.2) is 24.8 Å². The first-order chi connectivity index (χ1) is 11.6. The number of hydrogen-bond donors (Lipinski definition) is 0. The third-order valence-corrected chi connectivity index (χ3v) is 3.86. The van der Waals surface area contributed by atoms with E-state index in [1.165, 1.54) is 0 Å². The first-order valence-electron chi connectivity index (χ1n) is 7.43. The molecule has 0 aliphatic heterocycles. The predicted octanol–water partition coefficient (Wildman–Crippen LogP) is 2.77. The minimum absolute atomic E-state index is 0.435. The van der Waals surface area contributed by atoms with Crippen LogP contribution in [0.25, 0.3) is 5.57 Å². The molecular formula is C19H20O5. The first-order valence-corrected chi connectivity index (χ1v) is 7.43. The lowest BCUT2D eigenvalue weighted by Crippen LogP contribution is -2.14. The lowest BCUT2D eigenvalue weighted by molar-refractivity contribution is -0.139. The summed E-state index contributed by atoms with van der Waals surface area (Å²) in [5, 5.41) is 0. The van der Waals surface area contributed by atoms with Crippen LogP contribution in [0.5, 0.6) is 17.2 Å². The van der Waals surface area contributed by atoms with E-state index >= 15 is 0 Å². The molecule has 0 aromatic heterocycles. The topological polar surface area (TPSA) is 54.0 Å². The maximum atomic E-state index is 11.4. The molecule has 1 aromatic carbocycles. The van der Waals surface area contributed by atoms with E-state index < -0.39 is 12.1 Å². The molecule has 0 radical (unpaired) electrons. The Morgan fingerprint density at radius 1 is 1.29 bits per heavy atom. The van der Waals surface area contributed by atoms with Crippen molar-refractivity contribution in [1.29, 1.82) is 0 Å². The van der Waals surface area contributed by atoms with E-state index in [4.69, 9.17) is 25.4 Å². The summed E-state index contributed by atoms with van der Waals surface area (Å²) in [5.74, 6) is 2.92.